The van der Waals surface area contributed by atoms with Gasteiger partial charge in [0.15, 0.2) is 23.8 Å². The molecule has 10 heteroatoms. The van der Waals surface area contributed by atoms with E-state index in [-0.39, 0.29) is 23.8 Å². The van der Waals surface area contributed by atoms with Crippen LogP contribution in [-0.2, 0) is 0 Å². The van der Waals surface area contributed by atoms with E-state index in [1.165, 1.54) is 0 Å². The molecule has 0 unspecified atom stereocenters. The van der Waals surface area contributed by atoms with Crippen molar-refractivity contribution in [3.8, 4) is 0 Å². The maximum atomic E-state index is 6.81. The molecule has 11 N–H and O–H groups in total. The summed E-state index contributed by atoms with van der Waals surface area (Å²) in [5.74, 6) is 0.560. The number of guanidine groups is 4. The summed E-state index contributed by atoms with van der Waals surface area (Å²) >= 11 is 0. The molecule has 0 radical (unpaired) electrons. The van der Waals surface area contributed by atoms with Crippen LogP contribution in [0.1, 0.15) is 19.8 Å². The molecule has 0 saturated carbocycles. The molecular weight excluding hydrogens is 260 g/mol. The number of rotatable bonds is 3. The van der Waals surface area contributed by atoms with Gasteiger partial charge in [0.05, 0.1) is 0 Å². The van der Waals surface area contributed by atoms with Crippen molar-refractivity contribution >= 4 is 23.8 Å². The largest absolute Gasteiger partial charge is 0.370 e. The first-order valence-electron chi connectivity index (χ1n) is 5.99. The Labute approximate surface area is 119 Å². The molecule has 0 aromatic heterocycles. The van der Waals surface area contributed by atoms with Crippen molar-refractivity contribution in [1.82, 2.24) is 10.6 Å². The average molecular weight is 286 g/mol. The minimum atomic E-state index is -0.178. The third-order valence-corrected chi connectivity index (χ3v) is 1.79. The normalized spacial score (nSPS) is 12.2. The summed E-state index contributed by atoms with van der Waals surface area (Å²) in [6, 6.07) is 0. The summed E-state index contributed by atoms with van der Waals surface area (Å²) in [7, 11) is 3.12. The van der Waals surface area contributed by atoms with Gasteiger partial charge in [0.2, 0.25) is 0 Å². The van der Waals surface area contributed by atoms with Crippen LogP contribution in [0.4, 0.5) is 0 Å². The van der Waals surface area contributed by atoms with E-state index in [2.05, 4.69) is 32.5 Å². The fraction of sp³-hybridized carbons (Fsp3) is 0.600. The lowest BCUT2D eigenvalue weighted by atomic mass is 10.3. The zero-order chi connectivity index (χ0) is 16.0. The fourth-order valence-corrected chi connectivity index (χ4v) is 0.778. The molecule has 0 saturated heterocycles. The first-order valence-corrected chi connectivity index (χ1v) is 5.99. The summed E-state index contributed by atoms with van der Waals surface area (Å²) in [6.07, 6.45) is 2.08. The zero-order valence-corrected chi connectivity index (χ0v) is 12.3. The summed E-state index contributed by atoms with van der Waals surface area (Å²) < 4.78 is 0. The van der Waals surface area contributed by atoms with Crippen molar-refractivity contribution in [1.29, 1.82) is 5.41 Å². The number of nitrogens with two attached hydrogens (primary N) is 4. The minimum Gasteiger partial charge on any atom is -0.370 e. The zero-order valence-electron chi connectivity index (χ0n) is 12.3. The number of hydrogen-bond donors (Lipinski definition) is 7. The molecule has 0 spiro atoms. The Kier molecular flexibility index (Phi) is 12.8. The third kappa shape index (κ3) is 15.5. The molecule has 0 aliphatic carbocycles. The van der Waals surface area contributed by atoms with Gasteiger partial charge in [0, 0.05) is 20.6 Å². The number of hydrogen-bond acceptors (Lipinski definition) is 4. The van der Waals surface area contributed by atoms with Crippen molar-refractivity contribution in [3.05, 3.63) is 0 Å². The van der Waals surface area contributed by atoms with Crippen LogP contribution in [-0.4, -0.2) is 44.5 Å². The highest BCUT2D eigenvalue weighted by Crippen LogP contribution is 1.85. The lowest BCUT2D eigenvalue weighted by Gasteiger charge is -2.00. The highest BCUT2D eigenvalue weighted by atomic mass is 15.2. The highest BCUT2D eigenvalue weighted by molar-refractivity contribution is 5.97. The summed E-state index contributed by atoms with van der Waals surface area (Å²) in [6.45, 7) is 2.76. The van der Waals surface area contributed by atoms with E-state index in [1.54, 1.807) is 14.1 Å². The molecule has 0 amide bonds. The number of aliphatic imine (C=N–C) groups is 3. The van der Waals surface area contributed by atoms with Crippen LogP contribution in [0.25, 0.3) is 0 Å². The van der Waals surface area contributed by atoms with Gasteiger partial charge in [-0.05, 0) is 6.42 Å². The molecule has 116 valence electrons. The average Bonchev–Trinajstić information content (AvgIpc) is 2.38. The molecule has 0 rings (SSSR count). The van der Waals surface area contributed by atoms with Crippen LogP contribution in [0.15, 0.2) is 15.0 Å². The lowest BCUT2D eigenvalue weighted by molar-refractivity contribution is 0.804. The first-order chi connectivity index (χ1) is 9.37. The highest BCUT2D eigenvalue weighted by Gasteiger charge is 1.90. The summed E-state index contributed by atoms with van der Waals surface area (Å²) in [4.78, 5) is 11.1. The van der Waals surface area contributed by atoms with E-state index in [4.69, 9.17) is 28.3 Å². The van der Waals surface area contributed by atoms with Crippen LogP contribution in [0.2, 0.25) is 0 Å². The summed E-state index contributed by atoms with van der Waals surface area (Å²) in [5.41, 5.74) is 20.8. The number of nitrogens with one attached hydrogen (secondary N) is 3. The van der Waals surface area contributed by atoms with Crippen LogP contribution in [0, 0.1) is 5.41 Å². The Morgan fingerprint density at radius 1 is 0.950 bits per heavy atom. The van der Waals surface area contributed by atoms with Crippen molar-refractivity contribution in [3.63, 3.8) is 0 Å². The van der Waals surface area contributed by atoms with E-state index in [1.807, 2.05) is 0 Å². The van der Waals surface area contributed by atoms with Crippen LogP contribution >= 0.6 is 0 Å². The predicted molar refractivity (Wildman–Crippen MR) is 84.7 cm³/mol. The monoisotopic (exact) mass is 286 g/mol. The second kappa shape index (κ2) is 12.9. The molecule has 0 aliphatic heterocycles. The second-order valence-electron chi connectivity index (χ2n) is 3.50. The standard InChI is InChI=1S/C6H15N5.C4H11N5/c1-2-3-4-10-6(9)11-5(7)8;1-7-3(5)9-4(6)8-2/h2-4H2,1H3,(H6,7,8,9,10,11);1-2H3,(H5,5,6,7,8,9). The van der Waals surface area contributed by atoms with E-state index in [0.29, 0.717) is 6.54 Å². The third-order valence-electron chi connectivity index (χ3n) is 1.79. The Morgan fingerprint density at radius 3 is 1.80 bits per heavy atom. The Morgan fingerprint density at radius 2 is 1.45 bits per heavy atom. The Hall–Kier alpha value is -2.52. The van der Waals surface area contributed by atoms with Gasteiger partial charge in [0.1, 0.15) is 0 Å². The molecule has 0 atom stereocenters. The number of nitrogens with zero attached hydrogens (tertiary/aromatic N) is 3. The van der Waals surface area contributed by atoms with Crippen molar-refractivity contribution in [2.75, 3.05) is 20.6 Å². The predicted octanol–water partition coefficient (Wildman–Crippen LogP) is -1.95. The second-order valence-corrected chi connectivity index (χ2v) is 3.50. The molecule has 0 aliphatic rings. The van der Waals surface area contributed by atoms with Crippen molar-refractivity contribution < 1.29 is 0 Å². The fourth-order valence-electron chi connectivity index (χ4n) is 0.778. The topological polar surface area (TPSA) is 189 Å². The van der Waals surface area contributed by atoms with E-state index >= 15 is 0 Å². The quantitative estimate of drug-likeness (QED) is 0.179. The molecule has 0 heterocycles. The smallest absolute Gasteiger partial charge is 0.195 e. The maximum Gasteiger partial charge on any atom is 0.195 e. The van der Waals surface area contributed by atoms with Gasteiger partial charge >= 0.3 is 0 Å². The van der Waals surface area contributed by atoms with Gasteiger partial charge < -0.3 is 22.9 Å². The van der Waals surface area contributed by atoms with Gasteiger partial charge in [-0.25, -0.2) is 0 Å². The molecule has 20 heavy (non-hydrogen) atoms. The van der Waals surface area contributed by atoms with E-state index in [0.717, 1.165) is 12.8 Å². The Balaban J connectivity index is 0. The SMILES string of the molecule is CCCCN=C(N)NC(=N)N.CN=C(N)NC(N)=NC. The minimum absolute atomic E-state index is 0.178. The van der Waals surface area contributed by atoms with Crippen LogP contribution < -0.4 is 33.6 Å². The van der Waals surface area contributed by atoms with Crippen molar-refractivity contribution in [2.45, 2.75) is 19.8 Å². The van der Waals surface area contributed by atoms with Gasteiger partial charge in [-0.3, -0.25) is 31.0 Å². The molecular formula is C10H26N10. The van der Waals surface area contributed by atoms with E-state index < -0.39 is 0 Å². The van der Waals surface area contributed by atoms with Gasteiger partial charge in [-0.15, -0.1) is 0 Å². The molecule has 0 aromatic rings. The Bertz CT molecular complexity index is 341. The van der Waals surface area contributed by atoms with Gasteiger partial charge in [0.25, 0.3) is 0 Å². The van der Waals surface area contributed by atoms with Gasteiger partial charge in [-0.1, -0.05) is 13.3 Å². The molecule has 0 fully saturated rings. The molecule has 0 aromatic carbocycles. The molecule has 10 nitrogen and oxygen atoms in total. The molecule has 0 bridgehead atoms. The van der Waals surface area contributed by atoms with Crippen molar-refractivity contribution in [2.24, 2.45) is 37.9 Å². The van der Waals surface area contributed by atoms with Crippen LogP contribution in [0.3, 0.4) is 0 Å². The first kappa shape index (κ1) is 19.8. The summed E-state index contributed by atoms with van der Waals surface area (Å²) in [5, 5.41) is 11.7. The van der Waals surface area contributed by atoms with E-state index in [9.17, 15) is 0 Å². The van der Waals surface area contributed by atoms with Gasteiger partial charge in [-0.2, -0.15) is 0 Å². The number of unbranched alkanes of at least 4 members (excludes halogenated alkanes) is 1. The lowest BCUT2D eigenvalue weighted by Crippen LogP contribution is -2.41. The maximum absolute atomic E-state index is 6.81. The van der Waals surface area contributed by atoms with Crippen LogP contribution in [0.5, 0.6) is 0 Å².